The van der Waals surface area contributed by atoms with Crippen LogP contribution in [-0.2, 0) is 0 Å². The average Bonchev–Trinajstić information content (AvgIpc) is 2.10. The Balaban J connectivity index is 3.37. The maximum atomic E-state index is 8.36. The molecule has 4 heteroatoms. The Hall–Kier alpha value is -0.380. The van der Waals surface area contributed by atoms with Crippen LogP contribution in [0.2, 0.25) is 0 Å². The Kier molecular flexibility index (Phi) is 7.05. The molecule has 0 aromatic carbocycles. The summed E-state index contributed by atoms with van der Waals surface area (Å²) in [5.74, 6) is 2.62. The van der Waals surface area contributed by atoms with Crippen LogP contribution in [0.4, 0.5) is 0 Å². The fourth-order valence-corrected chi connectivity index (χ4v) is 1.87. The van der Waals surface area contributed by atoms with E-state index in [0.717, 1.165) is 5.75 Å². The number of oxime groups is 1. The van der Waals surface area contributed by atoms with Gasteiger partial charge >= 0.3 is 0 Å². The second-order valence-electron chi connectivity index (χ2n) is 2.85. The van der Waals surface area contributed by atoms with Gasteiger partial charge in [0.15, 0.2) is 0 Å². The topological polar surface area (TPSA) is 58.6 Å². The Morgan fingerprint density at radius 1 is 1.67 bits per heavy atom. The average molecular weight is 190 g/mol. The lowest BCUT2D eigenvalue weighted by molar-refractivity contribution is 0.315. The maximum absolute atomic E-state index is 8.36. The largest absolute Gasteiger partial charge is 0.409 e. The number of hydrogen-bond donors (Lipinski definition) is 2. The van der Waals surface area contributed by atoms with Crippen molar-refractivity contribution in [2.24, 2.45) is 16.8 Å². The Morgan fingerprint density at radius 3 is 2.83 bits per heavy atom. The second-order valence-corrected chi connectivity index (χ2v) is 4.00. The maximum Gasteiger partial charge on any atom is 0.142 e. The number of nitrogens with two attached hydrogens (primary N) is 1. The lowest BCUT2D eigenvalue weighted by Crippen LogP contribution is -2.23. The number of nitrogens with zero attached hydrogens (tertiary/aromatic N) is 1. The summed E-state index contributed by atoms with van der Waals surface area (Å²) in [6.45, 7) is 4.14. The van der Waals surface area contributed by atoms with Crippen LogP contribution in [0.15, 0.2) is 5.16 Å². The highest BCUT2D eigenvalue weighted by Gasteiger charge is 2.06. The van der Waals surface area contributed by atoms with Crippen LogP contribution in [0.1, 0.15) is 26.7 Å². The molecule has 0 aliphatic heterocycles. The first kappa shape index (κ1) is 11.6. The summed E-state index contributed by atoms with van der Waals surface area (Å²) in [4.78, 5) is 0. The molecule has 72 valence electrons. The first-order valence-corrected chi connectivity index (χ1v) is 5.43. The summed E-state index contributed by atoms with van der Waals surface area (Å²) in [5, 5.41) is 11.3. The number of unbranched alkanes of at least 4 members (excludes halogenated alkanes) is 1. The highest BCUT2D eigenvalue weighted by atomic mass is 32.2. The van der Waals surface area contributed by atoms with Crippen LogP contribution < -0.4 is 5.73 Å². The third-order valence-electron chi connectivity index (χ3n) is 1.63. The van der Waals surface area contributed by atoms with Gasteiger partial charge in [-0.2, -0.15) is 11.8 Å². The fourth-order valence-electron chi connectivity index (χ4n) is 0.690. The first-order chi connectivity index (χ1) is 5.72. The van der Waals surface area contributed by atoms with E-state index in [1.165, 1.54) is 18.6 Å². The minimum absolute atomic E-state index is 0.178. The SMILES string of the molecule is CCCCSCC(C)/C(N)=N/O. The van der Waals surface area contributed by atoms with Gasteiger partial charge in [0.2, 0.25) is 0 Å². The standard InChI is InChI=1S/C8H18N2OS/c1-3-4-5-12-6-7(2)8(9)10-11/h7,11H,3-6H2,1-2H3,(H2,9,10). The van der Waals surface area contributed by atoms with Crippen molar-refractivity contribution in [1.29, 1.82) is 0 Å². The molecule has 0 aliphatic carbocycles. The Bertz CT molecular complexity index is 139. The monoisotopic (exact) mass is 190 g/mol. The van der Waals surface area contributed by atoms with Gasteiger partial charge in [-0.05, 0) is 12.2 Å². The number of thioether (sulfide) groups is 1. The molecule has 3 N–H and O–H groups in total. The lowest BCUT2D eigenvalue weighted by atomic mass is 10.2. The van der Waals surface area contributed by atoms with Crippen molar-refractivity contribution < 1.29 is 5.21 Å². The molecule has 0 fully saturated rings. The fraction of sp³-hybridized carbons (Fsp3) is 0.875. The van der Waals surface area contributed by atoms with E-state index in [1.807, 2.05) is 18.7 Å². The third-order valence-corrected chi connectivity index (χ3v) is 2.94. The van der Waals surface area contributed by atoms with Crippen LogP contribution in [0.3, 0.4) is 0 Å². The van der Waals surface area contributed by atoms with Gasteiger partial charge in [-0.3, -0.25) is 0 Å². The molecular weight excluding hydrogens is 172 g/mol. The molecule has 0 saturated heterocycles. The van der Waals surface area contributed by atoms with Gasteiger partial charge in [0.25, 0.3) is 0 Å². The van der Waals surface area contributed by atoms with Gasteiger partial charge in [0, 0.05) is 11.7 Å². The molecule has 12 heavy (non-hydrogen) atoms. The van der Waals surface area contributed by atoms with Crippen molar-refractivity contribution in [3.05, 3.63) is 0 Å². The normalized spacial score (nSPS) is 14.7. The van der Waals surface area contributed by atoms with E-state index < -0.39 is 0 Å². The molecule has 0 heterocycles. The molecule has 1 unspecified atom stereocenters. The van der Waals surface area contributed by atoms with Crippen LogP contribution in [-0.4, -0.2) is 22.5 Å². The highest BCUT2D eigenvalue weighted by Crippen LogP contribution is 2.10. The van der Waals surface area contributed by atoms with Crippen LogP contribution >= 0.6 is 11.8 Å². The molecule has 3 nitrogen and oxygen atoms in total. The lowest BCUT2D eigenvalue weighted by Gasteiger charge is -2.07. The van der Waals surface area contributed by atoms with Crippen molar-refractivity contribution >= 4 is 17.6 Å². The summed E-state index contributed by atoms with van der Waals surface area (Å²) in [6, 6.07) is 0. The predicted molar refractivity (Wildman–Crippen MR) is 54.8 cm³/mol. The van der Waals surface area contributed by atoms with Crippen LogP contribution in [0, 0.1) is 5.92 Å². The zero-order valence-corrected chi connectivity index (χ0v) is 8.60. The van der Waals surface area contributed by atoms with E-state index in [0.29, 0.717) is 5.84 Å². The van der Waals surface area contributed by atoms with E-state index in [-0.39, 0.29) is 5.92 Å². The molecule has 1 atom stereocenters. The minimum atomic E-state index is 0.178. The van der Waals surface area contributed by atoms with Gasteiger partial charge in [-0.15, -0.1) is 0 Å². The molecule has 0 saturated carbocycles. The van der Waals surface area contributed by atoms with Gasteiger partial charge in [0.1, 0.15) is 5.84 Å². The molecule has 0 aliphatic rings. The number of hydrogen-bond acceptors (Lipinski definition) is 3. The minimum Gasteiger partial charge on any atom is -0.409 e. The van der Waals surface area contributed by atoms with E-state index in [4.69, 9.17) is 10.9 Å². The zero-order chi connectivity index (χ0) is 9.40. The molecular formula is C8H18N2OS. The molecule has 0 spiro atoms. The number of amidine groups is 1. The molecule has 0 amide bonds. The first-order valence-electron chi connectivity index (χ1n) is 4.27. The summed E-state index contributed by atoms with van der Waals surface area (Å²) in [6.07, 6.45) is 2.47. The van der Waals surface area contributed by atoms with Gasteiger partial charge < -0.3 is 10.9 Å². The smallest absolute Gasteiger partial charge is 0.142 e. The van der Waals surface area contributed by atoms with Gasteiger partial charge in [-0.1, -0.05) is 25.4 Å². The van der Waals surface area contributed by atoms with Gasteiger partial charge in [0.05, 0.1) is 0 Å². The van der Waals surface area contributed by atoms with Crippen molar-refractivity contribution in [2.75, 3.05) is 11.5 Å². The number of rotatable bonds is 6. The van der Waals surface area contributed by atoms with Crippen LogP contribution in [0.5, 0.6) is 0 Å². The summed E-state index contributed by atoms with van der Waals surface area (Å²) < 4.78 is 0. The predicted octanol–water partition coefficient (Wildman–Crippen LogP) is 1.90. The molecule has 0 radical (unpaired) electrons. The van der Waals surface area contributed by atoms with Crippen molar-refractivity contribution in [2.45, 2.75) is 26.7 Å². The van der Waals surface area contributed by atoms with E-state index >= 15 is 0 Å². The van der Waals surface area contributed by atoms with Crippen molar-refractivity contribution in [1.82, 2.24) is 0 Å². The quantitative estimate of drug-likeness (QED) is 0.221. The molecule has 0 rings (SSSR count). The van der Waals surface area contributed by atoms with Gasteiger partial charge in [-0.25, -0.2) is 0 Å². The summed E-state index contributed by atoms with van der Waals surface area (Å²) >= 11 is 1.86. The Labute approximate surface area is 78.4 Å². The zero-order valence-electron chi connectivity index (χ0n) is 7.79. The third kappa shape index (κ3) is 5.29. The van der Waals surface area contributed by atoms with Crippen LogP contribution in [0.25, 0.3) is 0 Å². The molecule has 0 aromatic rings. The highest BCUT2D eigenvalue weighted by molar-refractivity contribution is 7.99. The summed E-state index contributed by atoms with van der Waals surface area (Å²) in [5.41, 5.74) is 5.42. The Morgan fingerprint density at radius 2 is 2.33 bits per heavy atom. The van der Waals surface area contributed by atoms with E-state index in [2.05, 4.69) is 12.1 Å². The van der Waals surface area contributed by atoms with Crippen molar-refractivity contribution in [3.63, 3.8) is 0 Å². The molecule has 0 aromatic heterocycles. The van der Waals surface area contributed by atoms with E-state index in [9.17, 15) is 0 Å². The molecule has 0 bridgehead atoms. The second kappa shape index (κ2) is 7.28. The summed E-state index contributed by atoms with van der Waals surface area (Å²) in [7, 11) is 0. The van der Waals surface area contributed by atoms with E-state index in [1.54, 1.807) is 0 Å². The van der Waals surface area contributed by atoms with Crippen molar-refractivity contribution in [3.8, 4) is 0 Å².